The summed E-state index contributed by atoms with van der Waals surface area (Å²) in [5.41, 5.74) is 0. The Kier molecular flexibility index (Phi) is 109. The largest absolute Gasteiger partial charge is 0.778 e. The third-order valence-electron chi connectivity index (χ3n) is 11.5. The number of hydrogen-bond donors (Lipinski definition) is 0. The molecule has 0 aromatic rings. The van der Waals surface area contributed by atoms with Crippen molar-refractivity contribution >= 4 is 480 Å². The fourth-order valence-corrected chi connectivity index (χ4v) is 23.8. The first-order chi connectivity index (χ1) is 31.3. The van der Waals surface area contributed by atoms with Gasteiger partial charge in [-0.3, -0.25) is 0 Å². The SMILES string of the molecule is CCCCSCCCCP(=O)([O-])OCC[N+](C)(C)CCCCSCCC[Si]([O][AlH])([O][AlH])[O][AlH].CCCCSCCCC[N+](C)(C)CCC[N+](C)(C)CCCCSCCC[Si]([O][AlH])([O][AlH])[O][AlH].[CH3-].[CH3-].[K].[K].[K].[K].[K].[K]. The molecule has 0 aliphatic heterocycles. The molecule has 0 fully saturated rings. The van der Waals surface area contributed by atoms with E-state index in [0.29, 0.717) is 13.0 Å². The van der Waals surface area contributed by atoms with Crippen molar-refractivity contribution in [3.05, 3.63) is 14.9 Å². The minimum Gasteiger partial charge on any atom is -0.778 e. The van der Waals surface area contributed by atoms with Crippen molar-refractivity contribution in [3.8, 4) is 0 Å². The zero-order valence-electron chi connectivity index (χ0n) is 51.7. The van der Waals surface area contributed by atoms with Gasteiger partial charge in [-0.15, -0.1) is 0 Å². The van der Waals surface area contributed by atoms with E-state index in [-0.39, 0.29) is 336 Å². The third-order valence-corrected chi connectivity index (χ3v) is 30.1. The van der Waals surface area contributed by atoms with Gasteiger partial charge in [-0.05, 0) is 123 Å². The van der Waals surface area contributed by atoms with Gasteiger partial charge in [-0.25, -0.2) is 0 Å². The summed E-state index contributed by atoms with van der Waals surface area (Å²) in [4.78, 5) is 12.1. The van der Waals surface area contributed by atoms with Crippen molar-refractivity contribution in [2.75, 3.05) is 140 Å². The number of hydrogen-bond acceptors (Lipinski definition) is 13. The van der Waals surface area contributed by atoms with E-state index in [1.54, 1.807) is 0 Å². The zero-order valence-corrected chi connectivity index (χ0v) is 85.1. The Morgan fingerprint density at radius 3 is 0.959 bits per heavy atom. The fraction of sp³-hybridized carbons (Fsp3) is 0.953. The Morgan fingerprint density at radius 1 is 0.405 bits per heavy atom. The molecule has 0 spiro atoms. The Morgan fingerprint density at radius 2 is 0.662 bits per heavy atom. The van der Waals surface area contributed by atoms with Gasteiger partial charge in [0.05, 0.1) is 75.0 Å². The quantitative estimate of drug-likeness (QED) is 0.0288. The minimum absolute atomic E-state index is 0. The van der Waals surface area contributed by atoms with E-state index in [2.05, 4.69) is 79.7 Å². The molecule has 0 heterocycles. The van der Waals surface area contributed by atoms with E-state index in [1.807, 2.05) is 23.5 Å². The molecule has 12 nitrogen and oxygen atoms in total. The molecule has 12 radical (unpaired) electrons. The maximum absolute atomic E-state index is 12.1. The second kappa shape index (κ2) is 73.4. The predicted molar refractivity (Wildman–Crippen MR) is 352 cm³/mol. The Bertz CT molecular complexity index is 1180. The molecule has 0 saturated heterocycles. The van der Waals surface area contributed by atoms with Gasteiger partial charge in [0.1, 0.15) is 20.7 Å². The van der Waals surface area contributed by atoms with Crippen molar-refractivity contribution in [2.24, 2.45) is 0 Å². The van der Waals surface area contributed by atoms with Crippen LogP contribution in [0.1, 0.15) is 110 Å². The third kappa shape index (κ3) is 70.9. The molecule has 0 amide bonds. The minimum atomic E-state index is -3.70. The second-order valence-corrected chi connectivity index (χ2v) is 36.6. The van der Waals surface area contributed by atoms with Crippen molar-refractivity contribution in [3.63, 3.8) is 0 Å². The van der Waals surface area contributed by atoms with Gasteiger partial charge in [0.2, 0.25) is 0 Å². The van der Waals surface area contributed by atoms with Gasteiger partial charge in [0.15, 0.2) is 0 Å². The van der Waals surface area contributed by atoms with E-state index in [0.717, 1.165) is 77.0 Å². The molecule has 74 heavy (non-hydrogen) atoms. The van der Waals surface area contributed by atoms with Crippen LogP contribution < -0.4 is 4.89 Å². The van der Waals surface area contributed by atoms with Crippen LogP contribution >= 0.6 is 54.6 Å². The van der Waals surface area contributed by atoms with Crippen LogP contribution in [-0.2, 0) is 30.0 Å². The van der Waals surface area contributed by atoms with Crippen molar-refractivity contribution in [1.29, 1.82) is 0 Å². The molecule has 0 bridgehead atoms. The van der Waals surface area contributed by atoms with Gasteiger partial charge in [0, 0.05) is 333 Å². The van der Waals surface area contributed by atoms with Crippen LogP contribution in [0.25, 0.3) is 0 Å². The maximum Gasteiger partial charge on any atom is 0.411 e. The first-order valence-electron chi connectivity index (χ1n) is 24.6. The van der Waals surface area contributed by atoms with E-state index in [9.17, 15) is 9.46 Å². The van der Waals surface area contributed by atoms with Crippen LogP contribution in [-0.4, -0.2) is 579 Å². The molecule has 404 valence electrons. The molecule has 0 rings (SSSR count). The summed E-state index contributed by atoms with van der Waals surface area (Å²) in [6.45, 7) is 11.7. The van der Waals surface area contributed by atoms with E-state index in [4.69, 9.17) is 25.4 Å². The van der Waals surface area contributed by atoms with Gasteiger partial charge >= 0.3 is 117 Å². The van der Waals surface area contributed by atoms with E-state index >= 15 is 0 Å². The number of unbranched alkanes of at least 4 members (excludes halogenated alkanes) is 6. The van der Waals surface area contributed by atoms with E-state index < -0.39 is 25.2 Å². The van der Waals surface area contributed by atoms with Crippen molar-refractivity contribution in [1.82, 2.24) is 0 Å². The normalized spacial score (nSPS) is 12.2. The first kappa shape index (κ1) is 110. The number of rotatable bonds is 48. The molecule has 0 aromatic carbocycles. The van der Waals surface area contributed by atoms with Crippen molar-refractivity contribution in [2.45, 2.75) is 122 Å². The monoisotopic (exact) mass is 1420 g/mol. The number of thioether (sulfide) groups is 4. The first-order valence-corrected chi connectivity index (χ1v) is 38.3. The predicted octanol–water partition coefficient (Wildman–Crippen LogP) is 4.08. The summed E-state index contributed by atoms with van der Waals surface area (Å²) in [6.07, 6.45) is 18.1. The van der Waals surface area contributed by atoms with Gasteiger partial charge < -0.3 is 63.2 Å². The van der Waals surface area contributed by atoms with E-state index in [1.165, 1.54) is 217 Å². The number of likely N-dealkylation sites (N-methyl/N-ethyl adjacent to an activating group) is 1. The molecule has 1 unspecified atom stereocenters. The molecule has 0 saturated carbocycles. The second-order valence-electron chi connectivity index (χ2n) is 19.1. The fourth-order valence-electron chi connectivity index (χ4n) is 6.86. The van der Waals surface area contributed by atoms with Crippen LogP contribution in [0, 0.1) is 14.9 Å². The van der Waals surface area contributed by atoms with Gasteiger partial charge in [0.25, 0.3) is 0 Å². The van der Waals surface area contributed by atoms with Crippen LogP contribution in [0.2, 0.25) is 12.1 Å². The average Bonchev–Trinajstić information content (AvgIpc) is 3.27. The molecule has 0 aliphatic rings. The van der Waals surface area contributed by atoms with Crippen molar-refractivity contribution < 1.29 is 48.3 Å². The maximum atomic E-state index is 12.1. The molecule has 0 aromatic heterocycles. The summed E-state index contributed by atoms with van der Waals surface area (Å²) < 4.78 is 53.6. The molecule has 1 atom stereocenters. The average molecular weight is 1420 g/mol. The standard InChI is InChI=1S/C22H49N2O3S2Si.C19H42NO6PS2Si.2CH3.6Al.6K.6H/c1-6-7-18-28-19-10-8-14-23(2,3)16-12-17-24(4,5)15-9-11-20-29-21-13-22-30(25,26)27;1-4-5-15-28-17-9-7-14-27(21,22)26-13-12-20(2,3)11-6-8-16-29-18-10-19-30(23,24)25;;;;;;;;;;;;;;;;;;;;/h6-22H2,1-5H3;4-19H2,1-3H3,(H,21,22);2*1H3;;;;;;;;;;;;;;;;;;/q-1;-2;2*-1;6*+1;;;;;;;;;;;;/p-1. The van der Waals surface area contributed by atoms with Crippen LogP contribution in [0.5, 0.6) is 0 Å². The summed E-state index contributed by atoms with van der Waals surface area (Å²) >= 11 is 17.0. The van der Waals surface area contributed by atoms with Crippen LogP contribution in [0.15, 0.2) is 0 Å². The summed E-state index contributed by atoms with van der Waals surface area (Å²) in [7, 11) is 5.51. The Balaban J connectivity index is -0.000000125. The summed E-state index contributed by atoms with van der Waals surface area (Å²) in [6, 6.07) is 1.79. The molecule has 0 N–H and O–H groups in total. The molecule has 0 aliphatic carbocycles. The molecular weight excluding hydrogens is 1310 g/mol. The molecule has 31 heteroatoms. The number of nitrogens with zero attached hydrogens (tertiary/aromatic N) is 3. The Labute approximate surface area is 786 Å². The topological polar surface area (TPSA) is 105 Å². The smallest absolute Gasteiger partial charge is 0.411 e. The summed E-state index contributed by atoms with van der Waals surface area (Å²) in [5.74, 6) is 9.56. The van der Waals surface area contributed by atoms with Gasteiger partial charge in [-0.2, -0.15) is 47.0 Å². The number of quaternary nitrogens is 3. The van der Waals surface area contributed by atoms with Crippen LogP contribution in [0.4, 0.5) is 0 Å². The van der Waals surface area contributed by atoms with Gasteiger partial charge in [-0.1, -0.05) is 26.7 Å². The summed E-state index contributed by atoms with van der Waals surface area (Å²) in [5, 5.41) is 0. The van der Waals surface area contributed by atoms with Crippen LogP contribution in [0.3, 0.4) is 0 Å². The zero-order chi connectivity index (χ0) is 50.1. The molecular formula is C43H102Al6K6N3O9PS4Si2. The Hall–Kier alpha value is 14.6.